The fraction of sp³-hybridized carbons (Fsp3) is 0.348. The average Bonchev–Trinajstić information content (AvgIpc) is 3.33. The standard InChI is InChI=1S/C23H25FN6/c1-17-25-10-13-29(17)15-18-4-2-11-28(14-18)16-21-22(19-5-7-20(24)8-6-19)27-23-26-9-3-12-30(21)23/h3,5-10,12-13,18H,2,4,11,14-16H2,1H3/t18-/m1/s1. The van der Waals surface area contributed by atoms with Crippen molar-refractivity contribution in [2.24, 2.45) is 5.92 Å². The Morgan fingerprint density at radius 1 is 1.10 bits per heavy atom. The van der Waals surface area contributed by atoms with Gasteiger partial charge in [-0.05, 0) is 62.6 Å². The van der Waals surface area contributed by atoms with Crippen molar-refractivity contribution in [1.29, 1.82) is 0 Å². The Morgan fingerprint density at radius 3 is 2.77 bits per heavy atom. The molecule has 0 saturated carbocycles. The van der Waals surface area contributed by atoms with Crippen LogP contribution in [0.3, 0.4) is 0 Å². The van der Waals surface area contributed by atoms with Crippen LogP contribution in [0.2, 0.25) is 0 Å². The number of aromatic nitrogens is 5. The highest BCUT2D eigenvalue weighted by atomic mass is 19.1. The Bertz CT molecular complexity index is 1150. The number of piperidine rings is 1. The van der Waals surface area contributed by atoms with Gasteiger partial charge in [-0.3, -0.25) is 9.30 Å². The Balaban J connectivity index is 1.42. The van der Waals surface area contributed by atoms with Crippen LogP contribution in [0.5, 0.6) is 0 Å². The van der Waals surface area contributed by atoms with Crippen LogP contribution in [0.1, 0.15) is 24.4 Å². The molecule has 0 unspecified atom stereocenters. The summed E-state index contributed by atoms with van der Waals surface area (Å²) in [5, 5.41) is 0. The number of hydrogen-bond acceptors (Lipinski definition) is 4. The van der Waals surface area contributed by atoms with E-state index in [0.717, 1.165) is 49.0 Å². The Labute approximate surface area is 175 Å². The minimum atomic E-state index is -0.240. The molecule has 0 N–H and O–H groups in total. The predicted octanol–water partition coefficient (Wildman–Crippen LogP) is 3.95. The molecule has 0 bridgehead atoms. The lowest BCUT2D eigenvalue weighted by Gasteiger charge is -2.33. The first-order valence-electron chi connectivity index (χ1n) is 10.5. The van der Waals surface area contributed by atoms with E-state index in [1.165, 1.54) is 25.0 Å². The zero-order valence-corrected chi connectivity index (χ0v) is 17.1. The molecule has 1 atom stereocenters. The Morgan fingerprint density at radius 2 is 1.97 bits per heavy atom. The van der Waals surface area contributed by atoms with Gasteiger partial charge < -0.3 is 4.57 Å². The molecule has 1 fully saturated rings. The Kier molecular flexibility index (Phi) is 5.04. The van der Waals surface area contributed by atoms with Crippen LogP contribution in [-0.2, 0) is 13.1 Å². The summed E-state index contributed by atoms with van der Waals surface area (Å²) in [7, 11) is 0. The van der Waals surface area contributed by atoms with E-state index >= 15 is 0 Å². The maximum absolute atomic E-state index is 13.5. The second-order valence-electron chi connectivity index (χ2n) is 8.07. The summed E-state index contributed by atoms with van der Waals surface area (Å²) in [4.78, 5) is 16.0. The molecule has 30 heavy (non-hydrogen) atoms. The van der Waals surface area contributed by atoms with Gasteiger partial charge in [0, 0.05) is 50.0 Å². The zero-order valence-electron chi connectivity index (χ0n) is 17.1. The van der Waals surface area contributed by atoms with Crippen LogP contribution in [0.15, 0.2) is 55.1 Å². The van der Waals surface area contributed by atoms with Crippen LogP contribution in [0.4, 0.5) is 4.39 Å². The van der Waals surface area contributed by atoms with E-state index in [4.69, 9.17) is 4.98 Å². The molecule has 4 aromatic rings. The summed E-state index contributed by atoms with van der Waals surface area (Å²) in [6.07, 6.45) is 10.1. The van der Waals surface area contributed by atoms with E-state index in [1.807, 2.05) is 18.5 Å². The average molecular weight is 404 g/mol. The van der Waals surface area contributed by atoms with E-state index in [-0.39, 0.29) is 5.82 Å². The van der Waals surface area contributed by atoms with Gasteiger partial charge in [0.1, 0.15) is 11.6 Å². The fourth-order valence-electron chi connectivity index (χ4n) is 4.46. The first-order chi connectivity index (χ1) is 14.7. The molecular formula is C23H25FN6. The first-order valence-corrected chi connectivity index (χ1v) is 10.5. The maximum Gasteiger partial charge on any atom is 0.234 e. The number of benzene rings is 1. The number of hydrogen-bond donors (Lipinski definition) is 0. The molecule has 6 nitrogen and oxygen atoms in total. The molecule has 5 rings (SSSR count). The van der Waals surface area contributed by atoms with E-state index in [0.29, 0.717) is 11.7 Å². The molecule has 0 radical (unpaired) electrons. The van der Waals surface area contributed by atoms with Crippen molar-refractivity contribution in [3.05, 3.63) is 72.5 Å². The van der Waals surface area contributed by atoms with Gasteiger partial charge in [0.2, 0.25) is 5.78 Å². The number of imidazole rings is 2. The summed E-state index contributed by atoms with van der Waals surface area (Å²) in [6, 6.07) is 8.48. The van der Waals surface area contributed by atoms with Crippen molar-refractivity contribution in [3.8, 4) is 11.3 Å². The van der Waals surface area contributed by atoms with Crippen molar-refractivity contribution in [3.63, 3.8) is 0 Å². The minimum Gasteiger partial charge on any atom is -0.335 e. The molecule has 7 heteroatoms. The van der Waals surface area contributed by atoms with Gasteiger partial charge in [-0.15, -0.1) is 0 Å². The molecule has 4 heterocycles. The number of rotatable bonds is 5. The van der Waals surface area contributed by atoms with Crippen molar-refractivity contribution < 1.29 is 4.39 Å². The molecule has 0 aliphatic carbocycles. The number of fused-ring (bicyclic) bond motifs is 1. The van der Waals surface area contributed by atoms with Crippen molar-refractivity contribution >= 4 is 5.78 Å². The van der Waals surface area contributed by atoms with Gasteiger partial charge in [-0.2, -0.15) is 0 Å². The molecular weight excluding hydrogens is 379 g/mol. The van der Waals surface area contributed by atoms with Gasteiger partial charge in [-0.1, -0.05) is 0 Å². The van der Waals surface area contributed by atoms with E-state index in [2.05, 4.69) is 37.0 Å². The molecule has 154 valence electrons. The van der Waals surface area contributed by atoms with Crippen molar-refractivity contribution in [1.82, 2.24) is 28.8 Å². The largest absolute Gasteiger partial charge is 0.335 e. The quantitative estimate of drug-likeness (QED) is 0.505. The van der Waals surface area contributed by atoms with Crippen LogP contribution in [0, 0.1) is 18.7 Å². The van der Waals surface area contributed by atoms with Crippen molar-refractivity contribution in [2.75, 3.05) is 13.1 Å². The monoisotopic (exact) mass is 404 g/mol. The van der Waals surface area contributed by atoms with Gasteiger partial charge >= 0.3 is 0 Å². The fourth-order valence-corrected chi connectivity index (χ4v) is 4.46. The molecule has 1 aliphatic heterocycles. The van der Waals surface area contributed by atoms with Crippen LogP contribution in [-0.4, -0.2) is 41.9 Å². The summed E-state index contributed by atoms with van der Waals surface area (Å²) < 4.78 is 17.8. The van der Waals surface area contributed by atoms with Gasteiger partial charge in [-0.25, -0.2) is 19.3 Å². The smallest absolute Gasteiger partial charge is 0.234 e. The SMILES string of the molecule is Cc1nccn1C[C@@H]1CCCN(Cc2c(-c3ccc(F)cc3)nc3ncccn23)C1. The van der Waals surface area contributed by atoms with Crippen LogP contribution >= 0.6 is 0 Å². The third-order valence-electron chi connectivity index (χ3n) is 5.98. The summed E-state index contributed by atoms with van der Waals surface area (Å²) in [5.74, 6) is 2.10. The summed E-state index contributed by atoms with van der Waals surface area (Å²) >= 11 is 0. The number of likely N-dealkylation sites (tertiary alicyclic amines) is 1. The first kappa shape index (κ1) is 18.9. The second kappa shape index (κ2) is 7.99. The van der Waals surface area contributed by atoms with Gasteiger partial charge in [0.15, 0.2) is 0 Å². The van der Waals surface area contributed by atoms with E-state index in [1.54, 1.807) is 18.3 Å². The second-order valence-corrected chi connectivity index (χ2v) is 8.07. The molecule has 1 aliphatic rings. The third-order valence-corrected chi connectivity index (χ3v) is 5.98. The van der Waals surface area contributed by atoms with E-state index < -0.39 is 0 Å². The van der Waals surface area contributed by atoms with Crippen LogP contribution in [0.25, 0.3) is 17.0 Å². The molecule has 3 aromatic heterocycles. The molecule has 1 aromatic carbocycles. The van der Waals surface area contributed by atoms with Gasteiger partial charge in [0.05, 0.1) is 11.4 Å². The lowest BCUT2D eigenvalue weighted by molar-refractivity contribution is 0.154. The number of nitrogens with zero attached hydrogens (tertiary/aromatic N) is 6. The lowest BCUT2D eigenvalue weighted by atomic mass is 9.97. The van der Waals surface area contributed by atoms with Gasteiger partial charge in [0.25, 0.3) is 0 Å². The minimum absolute atomic E-state index is 0.240. The third kappa shape index (κ3) is 3.73. The highest BCUT2D eigenvalue weighted by Crippen LogP contribution is 2.27. The Hall–Kier alpha value is -3.06. The molecule has 0 amide bonds. The van der Waals surface area contributed by atoms with E-state index in [9.17, 15) is 4.39 Å². The normalized spacial score (nSPS) is 17.6. The maximum atomic E-state index is 13.5. The number of halogens is 1. The summed E-state index contributed by atoms with van der Waals surface area (Å²) in [5.41, 5.74) is 2.89. The van der Waals surface area contributed by atoms with Crippen LogP contribution < -0.4 is 0 Å². The highest BCUT2D eigenvalue weighted by molar-refractivity contribution is 5.65. The van der Waals surface area contributed by atoms with Crippen molar-refractivity contribution in [2.45, 2.75) is 32.9 Å². The highest BCUT2D eigenvalue weighted by Gasteiger charge is 2.24. The topological polar surface area (TPSA) is 51.2 Å². The number of aryl methyl sites for hydroxylation is 1. The predicted molar refractivity (Wildman–Crippen MR) is 113 cm³/mol. The zero-order chi connectivity index (χ0) is 20.5. The molecule has 1 saturated heterocycles. The summed E-state index contributed by atoms with van der Waals surface area (Å²) in [6.45, 7) is 5.95. The molecule has 0 spiro atoms. The lowest BCUT2D eigenvalue weighted by Crippen LogP contribution is -2.37.